The van der Waals surface area contributed by atoms with Gasteiger partial charge in [-0.1, -0.05) is 50.4 Å². The van der Waals surface area contributed by atoms with Crippen molar-refractivity contribution >= 4 is 29.2 Å². The second-order valence-electron chi connectivity index (χ2n) is 8.71. The minimum absolute atomic E-state index is 0.0178. The van der Waals surface area contributed by atoms with E-state index in [0.29, 0.717) is 22.9 Å². The van der Waals surface area contributed by atoms with Gasteiger partial charge in [0, 0.05) is 17.7 Å². The Morgan fingerprint density at radius 1 is 1.31 bits per heavy atom. The Hall–Kier alpha value is -0.770. The largest absolute Gasteiger partial charge is 0.481 e. The maximum Gasteiger partial charge on any atom is 0.309 e. The van der Waals surface area contributed by atoms with Gasteiger partial charge in [0.2, 0.25) is 0 Å². The molecule has 0 amide bonds. The van der Waals surface area contributed by atoms with Crippen molar-refractivity contribution < 1.29 is 14.6 Å². The molecule has 0 saturated heterocycles. The van der Waals surface area contributed by atoms with Gasteiger partial charge in [-0.05, 0) is 60.6 Å². The molecule has 0 heterocycles. The van der Waals surface area contributed by atoms with Crippen LogP contribution in [0.4, 0.5) is 0 Å². The van der Waals surface area contributed by atoms with Crippen molar-refractivity contribution in [2.75, 3.05) is 7.11 Å². The average molecular weight is 399 g/mol. The number of methoxy groups -OCH3 is 1. The predicted molar refractivity (Wildman–Crippen MR) is 105 cm³/mol. The summed E-state index contributed by atoms with van der Waals surface area (Å²) in [5.41, 5.74) is 2.01. The van der Waals surface area contributed by atoms with Crippen LogP contribution in [0.25, 0.3) is 0 Å². The standard InChI is InChI=1S/C21H28Cl2O3/c1-11(2)16-13(22)9-12-17(18(16)23)14(26-5)10-15-20(12,3)7-6-8-21(15,4)19(24)25/h9,11,14-15H,6-8,10H2,1-5H3,(H,24,25)/t14-,15-,20-,21-/m1/s1. The van der Waals surface area contributed by atoms with Crippen molar-refractivity contribution in [2.24, 2.45) is 11.3 Å². The summed E-state index contributed by atoms with van der Waals surface area (Å²) in [4.78, 5) is 12.2. The molecule has 0 radical (unpaired) electrons. The zero-order chi connectivity index (χ0) is 19.4. The molecule has 2 aliphatic carbocycles. The Labute approximate surface area is 166 Å². The van der Waals surface area contributed by atoms with Gasteiger partial charge >= 0.3 is 5.97 Å². The van der Waals surface area contributed by atoms with E-state index in [-0.39, 0.29) is 23.4 Å². The van der Waals surface area contributed by atoms with Gasteiger partial charge in [0.15, 0.2) is 0 Å². The number of rotatable bonds is 3. The van der Waals surface area contributed by atoms with E-state index in [1.807, 2.05) is 13.0 Å². The number of carboxylic acid groups (broad SMARTS) is 1. The van der Waals surface area contributed by atoms with E-state index in [4.69, 9.17) is 27.9 Å². The van der Waals surface area contributed by atoms with Gasteiger partial charge in [-0.3, -0.25) is 4.79 Å². The molecule has 2 aliphatic rings. The molecule has 5 heteroatoms. The molecule has 0 aliphatic heterocycles. The highest BCUT2D eigenvalue weighted by molar-refractivity contribution is 6.36. The first-order valence-corrected chi connectivity index (χ1v) is 10.1. The Kier molecular flexibility index (Phi) is 5.14. The second-order valence-corrected chi connectivity index (χ2v) is 9.49. The summed E-state index contributed by atoms with van der Waals surface area (Å²) in [5, 5.41) is 11.4. The number of carboxylic acids is 1. The lowest BCUT2D eigenvalue weighted by atomic mass is 9.49. The fraction of sp³-hybridized carbons (Fsp3) is 0.667. The summed E-state index contributed by atoms with van der Waals surface area (Å²) < 4.78 is 5.82. The SMILES string of the molecule is CO[C@@H]1C[C@H]2[C@](C)(C(=O)O)CCC[C@]2(C)c2cc(Cl)c(C(C)C)c(Cl)c21. The maximum absolute atomic E-state index is 12.2. The second kappa shape index (κ2) is 6.68. The molecule has 1 saturated carbocycles. The Morgan fingerprint density at radius 3 is 2.50 bits per heavy atom. The summed E-state index contributed by atoms with van der Waals surface area (Å²) in [7, 11) is 1.68. The number of benzene rings is 1. The van der Waals surface area contributed by atoms with Crippen LogP contribution in [0.2, 0.25) is 10.0 Å². The molecule has 0 spiro atoms. The minimum Gasteiger partial charge on any atom is -0.481 e. The van der Waals surface area contributed by atoms with E-state index in [0.717, 1.165) is 29.5 Å². The van der Waals surface area contributed by atoms with Crippen LogP contribution in [0.15, 0.2) is 6.07 Å². The van der Waals surface area contributed by atoms with Gasteiger partial charge < -0.3 is 9.84 Å². The van der Waals surface area contributed by atoms with E-state index in [9.17, 15) is 9.90 Å². The first kappa shape index (κ1) is 20.0. The third kappa shape index (κ3) is 2.70. The molecule has 26 heavy (non-hydrogen) atoms. The van der Waals surface area contributed by atoms with Crippen molar-refractivity contribution in [3.63, 3.8) is 0 Å². The lowest BCUT2D eigenvalue weighted by Crippen LogP contribution is -2.53. The van der Waals surface area contributed by atoms with Crippen molar-refractivity contribution in [1.82, 2.24) is 0 Å². The highest BCUT2D eigenvalue weighted by atomic mass is 35.5. The normalized spacial score (nSPS) is 33.7. The van der Waals surface area contributed by atoms with Crippen LogP contribution < -0.4 is 0 Å². The summed E-state index contributed by atoms with van der Waals surface area (Å²) in [5.74, 6) is -0.530. The molecule has 1 fully saturated rings. The number of ether oxygens (including phenoxy) is 1. The van der Waals surface area contributed by atoms with Gasteiger partial charge in [0.1, 0.15) is 0 Å². The zero-order valence-electron chi connectivity index (χ0n) is 16.2. The van der Waals surface area contributed by atoms with Crippen LogP contribution in [0.1, 0.15) is 82.1 Å². The lowest BCUT2D eigenvalue weighted by molar-refractivity contribution is -0.159. The Morgan fingerprint density at radius 2 is 1.96 bits per heavy atom. The first-order chi connectivity index (χ1) is 12.1. The van der Waals surface area contributed by atoms with Gasteiger partial charge in [0.05, 0.1) is 16.5 Å². The van der Waals surface area contributed by atoms with Crippen molar-refractivity contribution in [1.29, 1.82) is 0 Å². The topological polar surface area (TPSA) is 46.5 Å². The van der Waals surface area contributed by atoms with Gasteiger partial charge in [0.25, 0.3) is 0 Å². The van der Waals surface area contributed by atoms with Gasteiger partial charge in [-0.2, -0.15) is 0 Å². The quantitative estimate of drug-likeness (QED) is 0.644. The first-order valence-electron chi connectivity index (χ1n) is 9.36. The molecule has 1 aromatic rings. The molecule has 0 aromatic heterocycles. The summed E-state index contributed by atoms with van der Waals surface area (Å²) in [6.45, 7) is 8.23. The van der Waals surface area contributed by atoms with Crippen LogP contribution in [0.3, 0.4) is 0 Å². The fourth-order valence-corrected chi connectivity index (χ4v) is 6.50. The van der Waals surface area contributed by atoms with E-state index in [1.165, 1.54) is 0 Å². The van der Waals surface area contributed by atoms with E-state index < -0.39 is 11.4 Å². The predicted octanol–water partition coefficient (Wildman–Crippen LogP) is 6.36. The van der Waals surface area contributed by atoms with Crippen LogP contribution in [-0.4, -0.2) is 18.2 Å². The monoisotopic (exact) mass is 398 g/mol. The van der Waals surface area contributed by atoms with Gasteiger partial charge in [-0.25, -0.2) is 0 Å². The number of carbonyl (C=O) groups is 1. The molecule has 0 unspecified atom stereocenters. The van der Waals surface area contributed by atoms with E-state index in [1.54, 1.807) is 7.11 Å². The fourth-order valence-electron chi connectivity index (χ4n) is 5.49. The molecule has 1 aromatic carbocycles. The minimum atomic E-state index is -0.767. The number of halogens is 2. The van der Waals surface area contributed by atoms with E-state index in [2.05, 4.69) is 20.8 Å². The summed E-state index contributed by atoms with van der Waals surface area (Å²) in [6, 6.07) is 2.03. The molecule has 1 N–H and O–H groups in total. The number of hydrogen-bond acceptors (Lipinski definition) is 2. The molecule has 3 nitrogen and oxygen atoms in total. The number of fused-ring (bicyclic) bond motifs is 3. The summed E-state index contributed by atoms with van der Waals surface area (Å²) in [6.07, 6.45) is 2.98. The Balaban J connectivity index is 2.28. The third-order valence-electron chi connectivity index (χ3n) is 6.96. The zero-order valence-corrected chi connectivity index (χ0v) is 17.7. The van der Waals surface area contributed by atoms with E-state index >= 15 is 0 Å². The van der Waals surface area contributed by atoms with Crippen molar-refractivity contribution in [3.8, 4) is 0 Å². The molecule has 0 bridgehead atoms. The molecule has 144 valence electrons. The average Bonchev–Trinajstić information content (AvgIpc) is 2.54. The lowest BCUT2D eigenvalue weighted by Gasteiger charge is -2.55. The van der Waals surface area contributed by atoms with Crippen LogP contribution >= 0.6 is 23.2 Å². The highest BCUT2D eigenvalue weighted by Gasteiger charge is 2.57. The van der Waals surface area contributed by atoms with Crippen molar-refractivity contribution in [3.05, 3.63) is 32.8 Å². The smallest absolute Gasteiger partial charge is 0.309 e. The summed E-state index contributed by atoms with van der Waals surface area (Å²) >= 11 is 13.5. The third-order valence-corrected chi connectivity index (χ3v) is 7.68. The molecular weight excluding hydrogens is 371 g/mol. The number of aliphatic carboxylic acids is 1. The van der Waals surface area contributed by atoms with Crippen molar-refractivity contribution in [2.45, 2.75) is 70.8 Å². The highest BCUT2D eigenvalue weighted by Crippen LogP contribution is 2.61. The van der Waals surface area contributed by atoms with Crippen LogP contribution in [-0.2, 0) is 14.9 Å². The maximum atomic E-state index is 12.2. The molecule has 3 rings (SSSR count). The van der Waals surface area contributed by atoms with Crippen LogP contribution in [0, 0.1) is 11.3 Å². The molecule has 4 atom stereocenters. The number of hydrogen-bond donors (Lipinski definition) is 1. The molecular formula is C21H28Cl2O3. The Bertz CT molecular complexity index is 745. The van der Waals surface area contributed by atoms with Gasteiger partial charge in [-0.15, -0.1) is 0 Å². The van der Waals surface area contributed by atoms with Crippen LogP contribution in [0.5, 0.6) is 0 Å².